The lowest BCUT2D eigenvalue weighted by Gasteiger charge is -2.36. The minimum absolute atomic E-state index is 0.0758. The van der Waals surface area contributed by atoms with Gasteiger partial charge in [-0.25, -0.2) is 0 Å². The smallest absolute Gasteiger partial charge is 0.282 e. The van der Waals surface area contributed by atoms with Crippen molar-refractivity contribution in [1.29, 1.82) is 0 Å². The summed E-state index contributed by atoms with van der Waals surface area (Å²) in [4.78, 5) is 16.3. The Kier molecular flexibility index (Phi) is 7.05. The van der Waals surface area contributed by atoms with Crippen LogP contribution in [0.25, 0.3) is 0 Å². The zero-order valence-electron chi connectivity index (χ0n) is 16.2. The second-order valence-corrected chi connectivity index (χ2v) is 7.67. The molecular formula is C21H26Cl2N3O2+. The molecule has 0 aromatic heterocycles. The van der Waals surface area contributed by atoms with Gasteiger partial charge in [0.05, 0.1) is 54.2 Å². The normalized spacial score (nSPS) is 15.9. The van der Waals surface area contributed by atoms with Crippen molar-refractivity contribution in [3.63, 3.8) is 0 Å². The van der Waals surface area contributed by atoms with Crippen LogP contribution in [0.5, 0.6) is 5.75 Å². The van der Waals surface area contributed by atoms with Crippen molar-refractivity contribution in [2.75, 3.05) is 43.0 Å². The predicted molar refractivity (Wildman–Crippen MR) is 115 cm³/mol. The van der Waals surface area contributed by atoms with Crippen molar-refractivity contribution < 1.29 is 14.4 Å². The highest BCUT2D eigenvalue weighted by molar-refractivity contribution is 6.39. The number of carbonyl (C=O) groups is 1. The number of ether oxygens (including phenoxy) is 1. The first-order valence-electron chi connectivity index (χ1n) is 9.57. The molecule has 0 saturated carbocycles. The Morgan fingerprint density at radius 3 is 2.43 bits per heavy atom. The Labute approximate surface area is 176 Å². The van der Waals surface area contributed by atoms with Crippen LogP contribution in [0, 0.1) is 0 Å². The highest BCUT2D eigenvalue weighted by Crippen LogP contribution is 2.30. The number of benzene rings is 2. The fraction of sp³-hybridized carbons (Fsp3) is 0.381. The molecule has 1 amide bonds. The van der Waals surface area contributed by atoms with Crippen LogP contribution in [0.4, 0.5) is 11.4 Å². The SMILES string of the molecule is CCOc1ccccc1N1CC[NH+]([C@H](C)C(=O)Nc2c(Cl)cccc2Cl)CC1. The lowest BCUT2D eigenvalue weighted by molar-refractivity contribution is -0.914. The summed E-state index contributed by atoms with van der Waals surface area (Å²) in [6.45, 7) is 8.04. The number of para-hydroxylation sites is 3. The monoisotopic (exact) mass is 422 g/mol. The number of hydrogen-bond acceptors (Lipinski definition) is 3. The largest absolute Gasteiger partial charge is 0.492 e. The van der Waals surface area contributed by atoms with E-state index in [0.29, 0.717) is 22.3 Å². The molecular weight excluding hydrogens is 397 g/mol. The van der Waals surface area contributed by atoms with Crippen molar-refractivity contribution in [3.05, 3.63) is 52.5 Å². The Balaban J connectivity index is 1.61. The molecule has 1 aliphatic heterocycles. The molecule has 1 saturated heterocycles. The van der Waals surface area contributed by atoms with Gasteiger partial charge in [0.2, 0.25) is 0 Å². The summed E-state index contributed by atoms with van der Waals surface area (Å²) >= 11 is 12.3. The number of rotatable bonds is 6. The molecule has 150 valence electrons. The highest BCUT2D eigenvalue weighted by atomic mass is 35.5. The van der Waals surface area contributed by atoms with Gasteiger partial charge in [-0.15, -0.1) is 0 Å². The van der Waals surface area contributed by atoms with E-state index in [9.17, 15) is 4.79 Å². The van der Waals surface area contributed by atoms with Crippen LogP contribution in [0.1, 0.15) is 13.8 Å². The number of hydrogen-bond donors (Lipinski definition) is 2. The van der Waals surface area contributed by atoms with Gasteiger partial charge in [0, 0.05) is 0 Å². The molecule has 5 nitrogen and oxygen atoms in total. The van der Waals surface area contributed by atoms with Crippen LogP contribution >= 0.6 is 23.2 Å². The van der Waals surface area contributed by atoms with E-state index >= 15 is 0 Å². The van der Waals surface area contributed by atoms with Crippen molar-refractivity contribution >= 4 is 40.5 Å². The summed E-state index contributed by atoms with van der Waals surface area (Å²) in [7, 11) is 0. The number of halogens is 2. The molecule has 7 heteroatoms. The average molecular weight is 423 g/mol. The van der Waals surface area contributed by atoms with Crippen LogP contribution in [-0.2, 0) is 4.79 Å². The number of nitrogens with one attached hydrogen (secondary N) is 2. The third-order valence-electron chi connectivity index (χ3n) is 5.13. The third-order valence-corrected chi connectivity index (χ3v) is 5.76. The first-order chi connectivity index (χ1) is 13.5. The van der Waals surface area contributed by atoms with Crippen LogP contribution in [0.2, 0.25) is 10.0 Å². The zero-order chi connectivity index (χ0) is 20.1. The fourth-order valence-electron chi connectivity index (χ4n) is 3.50. The first kappa shape index (κ1) is 20.8. The third kappa shape index (κ3) is 4.72. The van der Waals surface area contributed by atoms with Crippen molar-refractivity contribution in [2.45, 2.75) is 19.9 Å². The number of quaternary nitrogens is 1. The number of piperazine rings is 1. The van der Waals surface area contributed by atoms with E-state index in [-0.39, 0.29) is 11.9 Å². The van der Waals surface area contributed by atoms with Crippen molar-refractivity contribution in [2.24, 2.45) is 0 Å². The van der Waals surface area contributed by atoms with E-state index in [4.69, 9.17) is 27.9 Å². The Bertz CT molecular complexity index is 803. The standard InChI is InChI=1S/C21H25Cl2N3O2/c1-3-28-19-10-5-4-9-18(19)26-13-11-25(12-14-26)15(2)21(27)24-20-16(22)7-6-8-17(20)23/h4-10,15H,3,11-14H2,1-2H3,(H,24,27)/p+1/t15-/m1/s1. The van der Waals surface area contributed by atoms with E-state index in [1.807, 2.05) is 32.0 Å². The molecule has 1 aliphatic rings. The lowest BCUT2D eigenvalue weighted by atomic mass is 10.2. The quantitative estimate of drug-likeness (QED) is 0.751. The fourth-order valence-corrected chi connectivity index (χ4v) is 3.99. The molecule has 2 N–H and O–H groups in total. The number of nitrogens with zero attached hydrogens (tertiary/aromatic N) is 1. The maximum Gasteiger partial charge on any atom is 0.282 e. The van der Waals surface area contributed by atoms with E-state index in [1.165, 1.54) is 4.90 Å². The summed E-state index contributed by atoms with van der Waals surface area (Å²) in [6.07, 6.45) is 0. The van der Waals surface area contributed by atoms with Crippen LogP contribution in [0.15, 0.2) is 42.5 Å². The topological polar surface area (TPSA) is 46.0 Å². The Morgan fingerprint density at radius 1 is 1.14 bits per heavy atom. The summed E-state index contributed by atoms with van der Waals surface area (Å²) in [5, 5.41) is 3.78. The molecule has 0 spiro atoms. The minimum atomic E-state index is -0.198. The molecule has 1 fully saturated rings. The Morgan fingerprint density at radius 2 is 1.79 bits per heavy atom. The van der Waals surface area contributed by atoms with Gasteiger partial charge < -0.3 is 19.9 Å². The molecule has 0 bridgehead atoms. The minimum Gasteiger partial charge on any atom is -0.492 e. The van der Waals surface area contributed by atoms with E-state index < -0.39 is 0 Å². The summed E-state index contributed by atoms with van der Waals surface area (Å²) < 4.78 is 5.75. The van der Waals surface area contributed by atoms with Gasteiger partial charge in [-0.1, -0.05) is 41.4 Å². The molecule has 1 atom stereocenters. The average Bonchev–Trinajstić information content (AvgIpc) is 2.71. The number of anilines is 2. The molecule has 2 aromatic rings. The molecule has 0 aliphatic carbocycles. The van der Waals surface area contributed by atoms with Gasteiger partial charge in [-0.3, -0.25) is 4.79 Å². The van der Waals surface area contributed by atoms with Gasteiger partial charge in [0.25, 0.3) is 5.91 Å². The van der Waals surface area contributed by atoms with Gasteiger partial charge in [0.15, 0.2) is 6.04 Å². The number of carbonyl (C=O) groups excluding carboxylic acids is 1. The van der Waals surface area contributed by atoms with Crippen LogP contribution in [0.3, 0.4) is 0 Å². The Hall–Kier alpha value is -1.95. The van der Waals surface area contributed by atoms with Crippen molar-refractivity contribution in [3.8, 4) is 5.75 Å². The maximum absolute atomic E-state index is 12.7. The van der Waals surface area contributed by atoms with E-state index in [2.05, 4.69) is 16.3 Å². The molecule has 0 radical (unpaired) electrons. The van der Waals surface area contributed by atoms with Crippen molar-refractivity contribution in [1.82, 2.24) is 0 Å². The number of amides is 1. The molecule has 2 aromatic carbocycles. The van der Waals surface area contributed by atoms with E-state index in [0.717, 1.165) is 37.6 Å². The second-order valence-electron chi connectivity index (χ2n) is 6.85. The lowest BCUT2D eigenvalue weighted by Crippen LogP contribution is -3.19. The maximum atomic E-state index is 12.7. The molecule has 1 heterocycles. The summed E-state index contributed by atoms with van der Waals surface area (Å²) in [5.41, 5.74) is 1.59. The zero-order valence-corrected chi connectivity index (χ0v) is 17.7. The van der Waals surface area contributed by atoms with Crippen LogP contribution in [-0.4, -0.2) is 44.7 Å². The molecule has 3 rings (SSSR count). The van der Waals surface area contributed by atoms with E-state index in [1.54, 1.807) is 18.2 Å². The predicted octanol–water partition coefficient (Wildman–Crippen LogP) is 3.12. The van der Waals surface area contributed by atoms with Crippen LogP contribution < -0.4 is 19.9 Å². The van der Waals surface area contributed by atoms with Gasteiger partial charge in [0.1, 0.15) is 5.75 Å². The van der Waals surface area contributed by atoms with Gasteiger partial charge in [-0.2, -0.15) is 0 Å². The first-order valence-corrected chi connectivity index (χ1v) is 10.3. The van der Waals surface area contributed by atoms with Gasteiger partial charge in [-0.05, 0) is 38.1 Å². The summed E-state index contributed by atoms with van der Waals surface area (Å²) in [5.74, 6) is 0.834. The van der Waals surface area contributed by atoms with Gasteiger partial charge >= 0.3 is 0 Å². The molecule has 0 unspecified atom stereocenters. The summed E-state index contributed by atoms with van der Waals surface area (Å²) in [6, 6.07) is 13.1. The molecule has 28 heavy (non-hydrogen) atoms. The second kappa shape index (κ2) is 9.50. The highest BCUT2D eigenvalue weighted by Gasteiger charge is 2.30.